The molecule has 0 fully saturated rings. The summed E-state index contributed by atoms with van der Waals surface area (Å²) in [7, 11) is 0. The number of hydrazine groups is 1. The van der Waals surface area contributed by atoms with Gasteiger partial charge in [0.2, 0.25) is 0 Å². The second kappa shape index (κ2) is 13.0. The van der Waals surface area contributed by atoms with E-state index in [1.165, 1.54) is 0 Å². The summed E-state index contributed by atoms with van der Waals surface area (Å²) in [6, 6.07) is -0.884. The largest absolute Gasteiger partial charge is 0.337 e. The fourth-order valence-corrected chi connectivity index (χ4v) is 1.51. The zero-order chi connectivity index (χ0) is 16.8. The lowest BCUT2D eigenvalue weighted by atomic mass is 10.5. The van der Waals surface area contributed by atoms with Gasteiger partial charge in [0.05, 0.1) is 13.1 Å². The fraction of sp³-hybridized carbons (Fsp3) is 0.800. The molecule has 0 heterocycles. The maximum Gasteiger partial charge on any atom is 0.314 e. The van der Waals surface area contributed by atoms with Crippen LogP contribution in [0.15, 0.2) is 0 Å². The molecule has 0 aliphatic carbocycles. The van der Waals surface area contributed by atoms with Crippen molar-refractivity contribution in [1.82, 2.24) is 26.3 Å². The Morgan fingerprint density at radius 2 is 1.23 bits per heavy atom. The molecule has 0 radical (unpaired) electrons. The molecule has 12 heteroatoms. The molecule has 0 aliphatic rings. The van der Waals surface area contributed by atoms with Gasteiger partial charge in [0.25, 0.3) is 0 Å². The number of nitro groups is 1. The van der Waals surface area contributed by atoms with E-state index in [4.69, 9.17) is 23.2 Å². The van der Waals surface area contributed by atoms with Gasteiger partial charge in [-0.2, -0.15) is 0 Å². The molecule has 0 saturated carbocycles. The molecule has 22 heavy (non-hydrogen) atoms. The molecular formula is C10H20Cl2N6O4. The van der Waals surface area contributed by atoms with Crippen LogP contribution >= 0.6 is 23.2 Å². The minimum absolute atomic E-state index is 0.00622. The lowest BCUT2D eigenvalue weighted by Crippen LogP contribution is -2.45. The highest BCUT2D eigenvalue weighted by molar-refractivity contribution is 6.18. The molecule has 0 atom stereocenters. The Morgan fingerprint density at radius 3 is 1.55 bits per heavy atom. The molecule has 0 rings (SSSR count). The van der Waals surface area contributed by atoms with E-state index in [2.05, 4.69) is 21.3 Å². The van der Waals surface area contributed by atoms with Gasteiger partial charge >= 0.3 is 12.1 Å². The summed E-state index contributed by atoms with van der Waals surface area (Å²) in [5, 5.41) is 21.0. The third-order valence-corrected chi connectivity index (χ3v) is 2.68. The summed E-state index contributed by atoms with van der Waals surface area (Å²) in [6.45, 7) is 0.820. The smallest absolute Gasteiger partial charge is 0.314 e. The van der Waals surface area contributed by atoms with E-state index in [1.807, 2.05) is 0 Å². The van der Waals surface area contributed by atoms with E-state index < -0.39 is 17.1 Å². The minimum Gasteiger partial charge on any atom is -0.337 e. The quantitative estimate of drug-likeness (QED) is 0.226. The van der Waals surface area contributed by atoms with Crippen LogP contribution in [0.1, 0.15) is 0 Å². The van der Waals surface area contributed by atoms with Gasteiger partial charge in [-0.25, -0.2) is 19.7 Å². The Kier molecular flexibility index (Phi) is 12.0. The van der Waals surface area contributed by atoms with Crippen molar-refractivity contribution < 1.29 is 14.6 Å². The Balaban J connectivity index is 3.89. The number of nitrogens with one attached hydrogen (secondary N) is 4. The Bertz CT molecular complexity index is 334. The van der Waals surface area contributed by atoms with Gasteiger partial charge in [0.1, 0.15) is 0 Å². The number of carbonyl (C=O) groups excluding carboxylic acids is 2. The molecule has 10 nitrogen and oxygen atoms in total. The van der Waals surface area contributed by atoms with Gasteiger partial charge in [0.15, 0.2) is 5.03 Å². The summed E-state index contributed by atoms with van der Waals surface area (Å²) >= 11 is 10.8. The van der Waals surface area contributed by atoms with E-state index in [1.54, 1.807) is 0 Å². The van der Waals surface area contributed by atoms with Crippen molar-refractivity contribution in [3.63, 3.8) is 0 Å². The highest BCUT2D eigenvalue weighted by Gasteiger charge is 2.14. The third kappa shape index (κ3) is 11.0. The zero-order valence-corrected chi connectivity index (χ0v) is 13.5. The third-order valence-electron chi connectivity index (χ3n) is 2.30. The van der Waals surface area contributed by atoms with Crippen molar-refractivity contribution in [3.05, 3.63) is 10.1 Å². The molecule has 128 valence electrons. The molecule has 0 unspecified atom stereocenters. The van der Waals surface area contributed by atoms with Crippen LogP contribution in [0.25, 0.3) is 0 Å². The molecule has 0 aromatic carbocycles. The van der Waals surface area contributed by atoms with E-state index in [9.17, 15) is 19.7 Å². The monoisotopic (exact) mass is 358 g/mol. The first kappa shape index (κ1) is 20.3. The van der Waals surface area contributed by atoms with Crippen molar-refractivity contribution in [1.29, 1.82) is 0 Å². The van der Waals surface area contributed by atoms with Gasteiger partial charge in [-0.3, -0.25) is 0 Å². The summed E-state index contributed by atoms with van der Waals surface area (Å²) in [5.41, 5.74) is 0. The normalized spacial score (nSPS) is 9.73. The number of hydrogen-bond acceptors (Lipinski definition) is 4. The van der Waals surface area contributed by atoms with Crippen molar-refractivity contribution >= 4 is 35.3 Å². The standard InChI is InChI=1S/C10H20Cl2N6O4/c11-1-3-13-9(19)15-5-7-17(18(21)22)8-6-16-10(20)14-4-2-12/h1-8H2,(H2,13,15,19)(H2,14,16,20). The van der Waals surface area contributed by atoms with Crippen LogP contribution in [-0.4, -0.2) is 73.1 Å². The van der Waals surface area contributed by atoms with Gasteiger partial charge in [-0.05, 0) is 0 Å². The summed E-state index contributed by atoms with van der Waals surface area (Å²) in [6.07, 6.45) is 0. The predicted octanol–water partition coefficient (Wildman–Crippen LogP) is -0.444. The summed E-state index contributed by atoms with van der Waals surface area (Å²) in [5.74, 6) is 0.567. The van der Waals surface area contributed by atoms with E-state index in [0.29, 0.717) is 13.1 Å². The number of rotatable bonds is 11. The molecule has 4 N–H and O–H groups in total. The number of nitrogens with zero attached hydrogens (tertiary/aromatic N) is 2. The lowest BCUT2D eigenvalue weighted by Gasteiger charge is -2.15. The number of alkyl halides is 2. The van der Waals surface area contributed by atoms with Gasteiger partial charge in [0, 0.05) is 37.9 Å². The van der Waals surface area contributed by atoms with Gasteiger partial charge < -0.3 is 21.3 Å². The van der Waals surface area contributed by atoms with Crippen LogP contribution in [-0.2, 0) is 0 Å². The van der Waals surface area contributed by atoms with Crippen molar-refractivity contribution in [2.45, 2.75) is 0 Å². The maximum absolute atomic E-state index is 11.2. The minimum atomic E-state index is -0.587. The topological polar surface area (TPSA) is 129 Å². The SMILES string of the molecule is O=C(NCCCl)NCCN(CCNC(=O)NCCCl)[N+](=O)[O-]. The molecule has 0 aromatic rings. The second-order valence-electron chi connectivity index (χ2n) is 3.93. The lowest BCUT2D eigenvalue weighted by molar-refractivity contribution is -0.654. The average molecular weight is 359 g/mol. The first-order valence-electron chi connectivity index (χ1n) is 6.55. The maximum atomic E-state index is 11.2. The Morgan fingerprint density at radius 1 is 0.864 bits per heavy atom. The summed E-state index contributed by atoms with van der Waals surface area (Å²) < 4.78 is 0. The van der Waals surface area contributed by atoms with Gasteiger partial charge in [-0.15, -0.1) is 28.2 Å². The van der Waals surface area contributed by atoms with Crippen LogP contribution in [0.2, 0.25) is 0 Å². The first-order valence-corrected chi connectivity index (χ1v) is 7.62. The van der Waals surface area contributed by atoms with Crippen molar-refractivity contribution in [3.8, 4) is 0 Å². The molecular weight excluding hydrogens is 339 g/mol. The van der Waals surface area contributed by atoms with Crippen LogP contribution in [0, 0.1) is 10.1 Å². The first-order chi connectivity index (χ1) is 10.5. The van der Waals surface area contributed by atoms with Crippen LogP contribution in [0.4, 0.5) is 9.59 Å². The molecule has 0 bridgehead atoms. The Labute approximate surface area is 138 Å². The van der Waals surface area contributed by atoms with Crippen LogP contribution in [0.5, 0.6) is 0 Å². The number of halogens is 2. The van der Waals surface area contributed by atoms with Gasteiger partial charge in [-0.1, -0.05) is 0 Å². The molecule has 0 spiro atoms. The number of urea groups is 2. The van der Waals surface area contributed by atoms with E-state index >= 15 is 0 Å². The molecule has 0 saturated heterocycles. The van der Waals surface area contributed by atoms with Crippen LogP contribution in [0.3, 0.4) is 0 Å². The second-order valence-corrected chi connectivity index (χ2v) is 4.69. The molecule has 4 amide bonds. The zero-order valence-electron chi connectivity index (χ0n) is 11.9. The highest BCUT2D eigenvalue weighted by atomic mass is 35.5. The number of hydrogen-bond donors (Lipinski definition) is 4. The van der Waals surface area contributed by atoms with Crippen molar-refractivity contribution in [2.24, 2.45) is 0 Å². The molecule has 0 aliphatic heterocycles. The van der Waals surface area contributed by atoms with Crippen molar-refractivity contribution in [2.75, 3.05) is 51.0 Å². The van der Waals surface area contributed by atoms with Crippen LogP contribution < -0.4 is 21.3 Å². The van der Waals surface area contributed by atoms with E-state index in [-0.39, 0.29) is 37.9 Å². The predicted molar refractivity (Wildman–Crippen MR) is 82.8 cm³/mol. The van der Waals surface area contributed by atoms with E-state index in [0.717, 1.165) is 5.01 Å². The highest BCUT2D eigenvalue weighted by Crippen LogP contribution is 1.87. The summed E-state index contributed by atoms with van der Waals surface area (Å²) in [4.78, 5) is 33.3. The average Bonchev–Trinajstić information content (AvgIpc) is 2.49. The molecule has 0 aromatic heterocycles. The number of carbonyl (C=O) groups is 2. The number of amides is 4. The Hall–Kier alpha value is -1.68. The fourth-order valence-electron chi connectivity index (χ4n) is 1.32.